The fourth-order valence-corrected chi connectivity index (χ4v) is 2.23. The van der Waals surface area contributed by atoms with Crippen LogP contribution in [0.1, 0.15) is 43.0 Å². The van der Waals surface area contributed by atoms with Gasteiger partial charge in [0, 0.05) is 12.4 Å². The van der Waals surface area contributed by atoms with Gasteiger partial charge in [0.05, 0.1) is 11.3 Å². The smallest absolute Gasteiger partial charge is 0.340 e. The van der Waals surface area contributed by atoms with Gasteiger partial charge in [0.1, 0.15) is 6.10 Å². The van der Waals surface area contributed by atoms with E-state index in [-0.39, 0.29) is 12.1 Å². The van der Waals surface area contributed by atoms with Crippen LogP contribution in [0.4, 0.5) is 5.69 Å². The standard InChI is InChI=1S/C13H18N2O2/c1-9-4-2-3-5-12(9)17-13(16)10-6-11(14)8-15-7-10/h6-9,12H,2-5,14H2,1H3. The zero-order chi connectivity index (χ0) is 12.3. The number of rotatable bonds is 2. The number of nitrogens with zero attached hydrogens (tertiary/aromatic N) is 1. The summed E-state index contributed by atoms with van der Waals surface area (Å²) < 4.78 is 5.51. The lowest BCUT2D eigenvalue weighted by Crippen LogP contribution is -2.28. The molecule has 1 aromatic heterocycles. The van der Waals surface area contributed by atoms with Crippen LogP contribution in [-0.2, 0) is 4.74 Å². The maximum Gasteiger partial charge on any atom is 0.340 e. The highest BCUT2D eigenvalue weighted by atomic mass is 16.5. The minimum atomic E-state index is -0.316. The van der Waals surface area contributed by atoms with Gasteiger partial charge in [-0.2, -0.15) is 0 Å². The van der Waals surface area contributed by atoms with Crippen LogP contribution in [0.25, 0.3) is 0 Å². The summed E-state index contributed by atoms with van der Waals surface area (Å²) >= 11 is 0. The summed E-state index contributed by atoms with van der Waals surface area (Å²) in [4.78, 5) is 15.8. The second-order valence-corrected chi connectivity index (χ2v) is 4.71. The molecular formula is C13H18N2O2. The molecule has 17 heavy (non-hydrogen) atoms. The quantitative estimate of drug-likeness (QED) is 0.798. The van der Waals surface area contributed by atoms with E-state index in [0.29, 0.717) is 17.2 Å². The van der Waals surface area contributed by atoms with Crippen molar-refractivity contribution < 1.29 is 9.53 Å². The van der Waals surface area contributed by atoms with Crippen molar-refractivity contribution in [3.05, 3.63) is 24.0 Å². The average molecular weight is 234 g/mol. The van der Waals surface area contributed by atoms with Crippen LogP contribution in [0.2, 0.25) is 0 Å². The number of nitrogens with two attached hydrogens (primary N) is 1. The Morgan fingerprint density at radius 3 is 2.88 bits per heavy atom. The number of aromatic nitrogens is 1. The molecule has 0 radical (unpaired) electrons. The van der Waals surface area contributed by atoms with Crippen molar-refractivity contribution in [2.75, 3.05) is 5.73 Å². The van der Waals surface area contributed by atoms with E-state index < -0.39 is 0 Å². The maximum absolute atomic E-state index is 11.9. The van der Waals surface area contributed by atoms with Gasteiger partial charge in [0.25, 0.3) is 0 Å². The fourth-order valence-electron chi connectivity index (χ4n) is 2.23. The topological polar surface area (TPSA) is 65.2 Å². The Bertz CT molecular complexity index is 406. The number of anilines is 1. The number of esters is 1. The van der Waals surface area contributed by atoms with Gasteiger partial charge in [-0.15, -0.1) is 0 Å². The third-order valence-corrected chi connectivity index (χ3v) is 3.29. The fraction of sp³-hybridized carbons (Fsp3) is 0.538. The number of pyridine rings is 1. The molecule has 1 aliphatic rings. The second-order valence-electron chi connectivity index (χ2n) is 4.71. The van der Waals surface area contributed by atoms with Gasteiger partial charge in [-0.05, 0) is 31.2 Å². The lowest BCUT2D eigenvalue weighted by molar-refractivity contribution is 0.00478. The van der Waals surface area contributed by atoms with Crippen molar-refractivity contribution in [3.8, 4) is 0 Å². The van der Waals surface area contributed by atoms with Crippen molar-refractivity contribution in [3.63, 3.8) is 0 Å². The molecule has 0 spiro atoms. The monoisotopic (exact) mass is 234 g/mol. The Hall–Kier alpha value is -1.58. The molecule has 2 unspecified atom stereocenters. The summed E-state index contributed by atoms with van der Waals surface area (Å²) in [5, 5.41) is 0. The average Bonchev–Trinajstić information content (AvgIpc) is 2.32. The molecule has 0 saturated heterocycles. The van der Waals surface area contributed by atoms with E-state index in [9.17, 15) is 4.79 Å². The molecule has 1 aliphatic carbocycles. The number of hydrogen-bond acceptors (Lipinski definition) is 4. The Labute approximate surface area is 101 Å². The van der Waals surface area contributed by atoms with Crippen LogP contribution >= 0.6 is 0 Å². The normalized spacial score (nSPS) is 24.3. The van der Waals surface area contributed by atoms with E-state index in [1.54, 1.807) is 6.07 Å². The van der Waals surface area contributed by atoms with Crippen LogP contribution in [-0.4, -0.2) is 17.1 Å². The summed E-state index contributed by atoms with van der Waals surface area (Å²) in [6.45, 7) is 2.13. The molecule has 1 aromatic rings. The van der Waals surface area contributed by atoms with Crippen molar-refractivity contribution in [2.45, 2.75) is 38.7 Å². The first-order valence-electron chi connectivity index (χ1n) is 6.08. The van der Waals surface area contributed by atoms with Crippen molar-refractivity contribution in [1.82, 2.24) is 4.98 Å². The Balaban J connectivity index is 2.01. The number of ether oxygens (including phenoxy) is 1. The molecule has 92 valence electrons. The van der Waals surface area contributed by atoms with Gasteiger partial charge in [-0.3, -0.25) is 4.98 Å². The minimum Gasteiger partial charge on any atom is -0.458 e. The van der Waals surface area contributed by atoms with E-state index >= 15 is 0 Å². The first kappa shape index (κ1) is 11.9. The highest BCUT2D eigenvalue weighted by molar-refractivity contribution is 5.90. The Morgan fingerprint density at radius 1 is 1.41 bits per heavy atom. The van der Waals surface area contributed by atoms with Gasteiger partial charge in [0.2, 0.25) is 0 Å². The molecular weight excluding hydrogens is 216 g/mol. The minimum absolute atomic E-state index is 0.0395. The lowest BCUT2D eigenvalue weighted by Gasteiger charge is -2.28. The first-order chi connectivity index (χ1) is 8.16. The number of carbonyl (C=O) groups is 1. The van der Waals surface area contributed by atoms with Crippen LogP contribution in [0, 0.1) is 5.92 Å². The SMILES string of the molecule is CC1CCCCC1OC(=O)c1cncc(N)c1. The molecule has 1 heterocycles. The van der Waals surface area contributed by atoms with E-state index in [4.69, 9.17) is 10.5 Å². The van der Waals surface area contributed by atoms with Gasteiger partial charge < -0.3 is 10.5 Å². The van der Waals surface area contributed by atoms with Gasteiger partial charge in [-0.1, -0.05) is 13.3 Å². The highest BCUT2D eigenvalue weighted by Gasteiger charge is 2.25. The number of nitrogen functional groups attached to an aromatic ring is 1. The predicted octanol–water partition coefficient (Wildman–Crippen LogP) is 2.40. The third-order valence-electron chi connectivity index (χ3n) is 3.29. The van der Waals surface area contributed by atoms with Crippen LogP contribution < -0.4 is 5.73 Å². The lowest BCUT2D eigenvalue weighted by atomic mass is 9.88. The van der Waals surface area contributed by atoms with Crippen LogP contribution in [0.15, 0.2) is 18.5 Å². The molecule has 0 aliphatic heterocycles. The van der Waals surface area contributed by atoms with Crippen molar-refractivity contribution >= 4 is 11.7 Å². The molecule has 0 amide bonds. The molecule has 0 aromatic carbocycles. The Kier molecular flexibility index (Phi) is 3.61. The molecule has 4 heteroatoms. The van der Waals surface area contributed by atoms with Crippen LogP contribution in [0.5, 0.6) is 0 Å². The van der Waals surface area contributed by atoms with E-state index in [0.717, 1.165) is 19.3 Å². The van der Waals surface area contributed by atoms with E-state index in [1.807, 2.05) is 0 Å². The number of carbonyl (C=O) groups excluding carboxylic acids is 1. The molecule has 2 atom stereocenters. The summed E-state index contributed by atoms with van der Waals surface area (Å²) in [5.74, 6) is 0.130. The molecule has 2 N–H and O–H groups in total. The van der Waals surface area contributed by atoms with E-state index in [1.165, 1.54) is 18.8 Å². The van der Waals surface area contributed by atoms with E-state index in [2.05, 4.69) is 11.9 Å². The summed E-state index contributed by atoms with van der Waals surface area (Å²) in [6.07, 6.45) is 7.51. The largest absolute Gasteiger partial charge is 0.458 e. The molecule has 2 rings (SSSR count). The van der Waals surface area contributed by atoms with Gasteiger partial charge >= 0.3 is 5.97 Å². The zero-order valence-electron chi connectivity index (χ0n) is 10.1. The van der Waals surface area contributed by atoms with Gasteiger partial charge in [0.15, 0.2) is 0 Å². The van der Waals surface area contributed by atoms with Gasteiger partial charge in [-0.25, -0.2) is 4.79 Å². The molecule has 1 saturated carbocycles. The van der Waals surface area contributed by atoms with Crippen LogP contribution in [0.3, 0.4) is 0 Å². The third kappa shape index (κ3) is 2.96. The molecule has 4 nitrogen and oxygen atoms in total. The highest BCUT2D eigenvalue weighted by Crippen LogP contribution is 2.27. The zero-order valence-corrected chi connectivity index (χ0v) is 10.1. The van der Waals surface area contributed by atoms with Crippen molar-refractivity contribution in [2.24, 2.45) is 5.92 Å². The first-order valence-corrected chi connectivity index (χ1v) is 6.08. The second kappa shape index (κ2) is 5.17. The summed E-state index contributed by atoms with van der Waals surface area (Å²) in [5.41, 5.74) is 6.50. The molecule has 1 fully saturated rings. The van der Waals surface area contributed by atoms with Crippen molar-refractivity contribution in [1.29, 1.82) is 0 Å². The number of hydrogen-bond donors (Lipinski definition) is 1. The summed E-state index contributed by atoms with van der Waals surface area (Å²) in [6, 6.07) is 1.60. The Morgan fingerprint density at radius 2 is 2.18 bits per heavy atom. The maximum atomic E-state index is 11.9. The molecule has 0 bridgehead atoms. The predicted molar refractivity (Wildman–Crippen MR) is 65.5 cm³/mol. The summed E-state index contributed by atoms with van der Waals surface area (Å²) in [7, 11) is 0.